The van der Waals surface area contributed by atoms with Gasteiger partial charge in [0, 0.05) is 12.8 Å². The van der Waals surface area contributed by atoms with Gasteiger partial charge in [-0.15, -0.1) is 0 Å². The zero-order valence-electron chi connectivity index (χ0n) is 8.73. The average Bonchev–Trinajstić information content (AvgIpc) is 2.01. The van der Waals surface area contributed by atoms with Gasteiger partial charge in [-0.3, -0.25) is 14.4 Å². The lowest BCUT2D eigenvalue weighted by Crippen LogP contribution is -2.11. The van der Waals surface area contributed by atoms with Gasteiger partial charge in [0.15, 0.2) is 0 Å². The standard InChI is InChI=1S/C7H12O.C3H4O4/c1-6-3-2-4-7(8)5-6;4-2(5)1-3(6)7/h6H,2-5H2,1H3;1H2,(H,4,5)(H,6,7). The highest BCUT2D eigenvalue weighted by atomic mass is 16.4. The van der Waals surface area contributed by atoms with Gasteiger partial charge in [-0.25, -0.2) is 0 Å². The molecule has 1 aliphatic carbocycles. The Morgan fingerprint density at radius 3 is 2.07 bits per heavy atom. The number of aliphatic carboxylic acids is 2. The molecule has 15 heavy (non-hydrogen) atoms. The molecule has 0 aromatic carbocycles. The van der Waals surface area contributed by atoms with Crippen LogP contribution in [-0.4, -0.2) is 27.9 Å². The zero-order chi connectivity index (χ0) is 11.8. The molecule has 1 atom stereocenters. The van der Waals surface area contributed by atoms with Crippen LogP contribution in [0.2, 0.25) is 0 Å². The summed E-state index contributed by atoms with van der Waals surface area (Å²) in [6.07, 6.45) is 3.25. The predicted molar refractivity (Wildman–Crippen MR) is 52.5 cm³/mol. The number of carbonyl (C=O) groups excluding carboxylic acids is 1. The van der Waals surface area contributed by atoms with Crippen LogP contribution in [0.5, 0.6) is 0 Å². The van der Waals surface area contributed by atoms with E-state index in [4.69, 9.17) is 10.2 Å². The zero-order valence-corrected chi connectivity index (χ0v) is 8.73. The highest BCUT2D eigenvalue weighted by molar-refractivity contribution is 5.88. The van der Waals surface area contributed by atoms with Gasteiger partial charge in [-0.2, -0.15) is 0 Å². The van der Waals surface area contributed by atoms with Crippen molar-refractivity contribution < 1.29 is 24.6 Å². The monoisotopic (exact) mass is 216 g/mol. The van der Waals surface area contributed by atoms with Gasteiger partial charge in [-0.1, -0.05) is 6.92 Å². The van der Waals surface area contributed by atoms with Crippen molar-refractivity contribution in [2.75, 3.05) is 0 Å². The lowest BCUT2D eigenvalue weighted by molar-refractivity contribution is -0.147. The molecule has 0 amide bonds. The van der Waals surface area contributed by atoms with E-state index in [1.54, 1.807) is 0 Å². The summed E-state index contributed by atoms with van der Waals surface area (Å²) in [4.78, 5) is 29.5. The topological polar surface area (TPSA) is 91.7 Å². The molecule has 0 spiro atoms. The SMILES string of the molecule is CC1CCCC(=O)C1.O=C(O)CC(=O)O. The van der Waals surface area contributed by atoms with Crippen molar-refractivity contribution in [3.63, 3.8) is 0 Å². The summed E-state index contributed by atoms with van der Waals surface area (Å²) in [6, 6.07) is 0. The number of carboxylic acid groups (broad SMARTS) is 2. The van der Waals surface area contributed by atoms with Crippen LogP contribution in [0.1, 0.15) is 39.0 Å². The summed E-state index contributed by atoms with van der Waals surface area (Å²) in [7, 11) is 0. The smallest absolute Gasteiger partial charge is 0.314 e. The van der Waals surface area contributed by atoms with Crippen LogP contribution in [-0.2, 0) is 14.4 Å². The number of hydrogen-bond acceptors (Lipinski definition) is 3. The quantitative estimate of drug-likeness (QED) is 0.679. The number of carboxylic acids is 2. The lowest BCUT2D eigenvalue weighted by Gasteiger charge is -2.14. The molecule has 5 nitrogen and oxygen atoms in total. The van der Waals surface area contributed by atoms with Crippen LogP contribution >= 0.6 is 0 Å². The Bertz CT molecular complexity index is 234. The molecule has 86 valence electrons. The Morgan fingerprint density at radius 2 is 1.87 bits per heavy atom. The highest BCUT2D eigenvalue weighted by Gasteiger charge is 2.14. The average molecular weight is 216 g/mol. The van der Waals surface area contributed by atoms with Crippen molar-refractivity contribution in [2.45, 2.75) is 39.0 Å². The minimum absolute atomic E-state index is 0.462. The molecule has 1 rings (SSSR count). The number of Topliss-reactive ketones (excluding diaryl/α,β-unsaturated/α-hetero) is 1. The van der Waals surface area contributed by atoms with Gasteiger partial charge in [0.05, 0.1) is 0 Å². The number of carbonyl (C=O) groups is 3. The molecule has 1 aliphatic rings. The van der Waals surface area contributed by atoms with Gasteiger partial charge in [0.25, 0.3) is 0 Å². The molecule has 5 heteroatoms. The summed E-state index contributed by atoms with van der Waals surface area (Å²) < 4.78 is 0. The third kappa shape index (κ3) is 8.93. The molecule has 2 N–H and O–H groups in total. The molecule has 1 fully saturated rings. The maximum atomic E-state index is 10.7. The summed E-state index contributed by atoms with van der Waals surface area (Å²) >= 11 is 0. The van der Waals surface area contributed by atoms with Crippen molar-refractivity contribution >= 4 is 17.7 Å². The number of ketones is 1. The van der Waals surface area contributed by atoms with Crippen LogP contribution in [0, 0.1) is 5.92 Å². The summed E-state index contributed by atoms with van der Waals surface area (Å²) in [6.45, 7) is 2.15. The largest absolute Gasteiger partial charge is 0.481 e. The first-order valence-electron chi connectivity index (χ1n) is 4.87. The van der Waals surface area contributed by atoms with E-state index >= 15 is 0 Å². The summed E-state index contributed by atoms with van der Waals surface area (Å²) in [5.74, 6) is -1.50. The Morgan fingerprint density at radius 1 is 1.33 bits per heavy atom. The predicted octanol–water partition coefficient (Wildman–Crippen LogP) is 1.31. The molecule has 0 bridgehead atoms. The van der Waals surface area contributed by atoms with E-state index in [1.165, 1.54) is 6.42 Å². The Balaban J connectivity index is 0.000000265. The van der Waals surface area contributed by atoms with Crippen LogP contribution in [0.4, 0.5) is 0 Å². The van der Waals surface area contributed by atoms with Gasteiger partial charge < -0.3 is 10.2 Å². The third-order valence-corrected chi connectivity index (χ3v) is 2.03. The third-order valence-electron chi connectivity index (χ3n) is 2.03. The van der Waals surface area contributed by atoms with Gasteiger partial charge in [-0.05, 0) is 18.8 Å². The number of hydrogen-bond donors (Lipinski definition) is 2. The molecule has 1 unspecified atom stereocenters. The van der Waals surface area contributed by atoms with E-state index < -0.39 is 18.4 Å². The second-order valence-electron chi connectivity index (χ2n) is 3.70. The highest BCUT2D eigenvalue weighted by Crippen LogP contribution is 2.19. The van der Waals surface area contributed by atoms with E-state index in [0.717, 1.165) is 19.3 Å². The first-order valence-corrected chi connectivity index (χ1v) is 4.87. The lowest BCUT2D eigenvalue weighted by atomic mass is 9.90. The Hall–Kier alpha value is -1.39. The minimum atomic E-state index is -1.31. The van der Waals surface area contributed by atoms with Crippen molar-refractivity contribution in [1.82, 2.24) is 0 Å². The molecule has 0 aromatic heterocycles. The summed E-state index contributed by atoms with van der Waals surface area (Å²) in [5, 5.41) is 15.4. The van der Waals surface area contributed by atoms with Crippen LogP contribution in [0.3, 0.4) is 0 Å². The minimum Gasteiger partial charge on any atom is -0.481 e. The van der Waals surface area contributed by atoms with Crippen LogP contribution in [0.25, 0.3) is 0 Å². The fraction of sp³-hybridized carbons (Fsp3) is 0.700. The van der Waals surface area contributed by atoms with E-state index in [-0.39, 0.29) is 0 Å². The normalized spacial score (nSPS) is 20.1. The number of rotatable bonds is 2. The van der Waals surface area contributed by atoms with Crippen LogP contribution in [0.15, 0.2) is 0 Å². The van der Waals surface area contributed by atoms with Crippen molar-refractivity contribution in [2.24, 2.45) is 5.92 Å². The van der Waals surface area contributed by atoms with Crippen molar-refractivity contribution in [1.29, 1.82) is 0 Å². The fourth-order valence-corrected chi connectivity index (χ4v) is 1.37. The maximum absolute atomic E-state index is 10.7. The molecule has 0 aliphatic heterocycles. The van der Waals surface area contributed by atoms with Gasteiger partial charge in [0.2, 0.25) is 0 Å². The first-order chi connectivity index (χ1) is 6.91. The molecule has 0 aromatic rings. The molecule has 0 radical (unpaired) electrons. The van der Waals surface area contributed by atoms with E-state index in [0.29, 0.717) is 11.7 Å². The van der Waals surface area contributed by atoms with E-state index in [2.05, 4.69) is 6.92 Å². The Kier molecular flexibility index (Phi) is 6.33. The fourth-order valence-electron chi connectivity index (χ4n) is 1.37. The van der Waals surface area contributed by atoms with Gasteiger partial charge >= 0.3 is 11.9 Å². The maximum Gasteiger partial charge on any atom is 0.314 e. The second kappa shape index (κ2) is 6.98. The van der Waals surface area contributed by atoms with E-state index in [9.17, 15) is 14.4 Å². The first kappa shape index (κ1) is 13.6. The van der Waals surface area contributed by atoms with E-state index in [1.807, 2.05) is 0 Å². The molecular formula is C10H16O5. The molecular weight excluding hydrogens is 200 g/mol. The van der Waals surface area contributed by atoms with Crippen molar-refractivity contribution in [3.05, 3.63) is 0 Å². The molecule has 1 saturated carbocycles. The van der Waals surface area contributed by atoms with Crippen LogP contribution < -0.4 is 0 Å². The second-order valence-corrected chi connectivity index (χ2v) is 3.70. The Labute approximate surface area is 88.1 Å². The van der Waals surface area contributed by atoms with Crippen molar-refractivity contribution in [3.8, 4) is 0 Å². The molecule has 0 saturated heterocycles. The van der Waals surface area contributed by atoms with Gasteiger partial charge in [0.1, 0.15) is 12.2 Å². The summed E-state index contributed by atoms with van der Waals surface area (Å²) in [5.41, 5.74) is 0. The molecule has 0 heterocycles.